The number of hydrogen-bond donors (Lipinski definition) is 2. The van der Waals surface area contributed by atoms with Crippen LogP contribution in [0.4, 0.5) is 23.1 Å². The van der Waals surface area contributed by atoms with Crippen LogP contribution in [0.15, 0.2) is 18.3 Å². The lowest BCUT2D eigenvalue weighted by Crippen LogP contribution is -2.54. The molecule has 248 valence electrons. The quantitative estimate of drug-likeness (QED) is 0.422. The number of hydrogen-bond acceptors (Lipinski definition) is 9. The van der Waals surface area contributed by atoms with Crippen LogP contribution < -0.4 is 25.2 Å². The fourth-order valence-electron chi connectivity index (χ4n) is 7.99. The number of nitrogens with one attached hydrogen (secondary N) is 2. The van der Waals surface area contributed by atoms with Gasteiger partial charge in [0.05, 0.1) is 18.5 Å². The summed E-state index contributed by atoms with van der Waals surface area (Å²) < 4.78 is 6.06. The number of piperazine rings is 1. The van der Waals surface area contributed by atoms with Crippen LogP contribution in [0.25, 0.3) is 0 Å². The van der Waals surface area contributed by atoms with Gasteiger partial charge in [-0.05, 0) is 76.8 Å². The van der Waals surface area contributed by atoms with E-state index in [1.165, 1.54) is 45.6 Å². The zero-order chi connectivity index (χ0) is 31.9. The van der Waals surface area contributed by atoms with Gasteiger partial charge >= 0.3 is 0 Å². The zero-order valence-electron chi connectivity index (χ0n) is 27.9. The summed E-state index contributed by atoms with van der Waals surface area (Å²) in [4.78, 5) is 45.1. The molecule has 2 aliphatic carbocycles. The Bertz CT molecular complexity index is 1450. The molecule has 2 amide bonds. The van der Waals surface area contributed by atoms with Crippen LogP contribution in [-0.2, 0) is 11.2 Å². The van der Waals surface area contributed by atoms with Crippen molar-refractivity contribution in [2.45, 2.75) is 96.3 Å². The first kappa shape index (κ1) is 31.2. The standard InChI is InChI=1S/C35H50N8O3/c1-5-29-34(45)40(4)30-20-36-35(39-32(30)43(29)22(2)3)38-28-13-12-27(26-14-19-46-31(26)28)33(44)37-24-8-10-25(11-9-24)42-17-15-41(16-18-42)21-23-6-7-23/h12-13,20,22-25,29H,5-11,14-19,21H2,1-4H3,(H,37,44)(H,36,38,39)/t24-,25+,29-/m0/s1. The zero-order valence-corrected chi connectivity index (χ0v) is 27.9. The van der Waals surface area contributed by atoms with Crippen LogP contribution in [0.2, 0.25) is 0 Å². The summed E-state index contributed by atoms with van der Waals surface area (Å²) >= 11 is 0. The lowest BCUT2D eigenvalue weighted by Gasteiger charge is -2.42. The molecule has 2 N–H and O–H groups in total. The highest BCUT2D eigenvalue weighted by molar-refractivity contribution is 6.04. The highest BCUT2D eigenvalue weighted by Crippen LogP contribution is 2.40. The third kappa shape index (κ3) is 6.15. The van der Waals surface area contributed by atoms with E-state index in [4.69, 9.17) is 9.72 Å². The van der Waals surface area contributed by atoms with E-state index in [1.807, 2.05) is 19.1 Å². The SMILES string of the molecule is CC[C@H]1C(=O)N(C)c2cnc(Nc3ccc(C(=O)N[C@H]4CC[C@@H](N5CCN(CC6CC6)CC5)CC4)c4c3OCC4)nc2N1C(C)C. The van der Waals surface area contributed by atoms with Crippen LogP contribution in [0.5, 0.6) is 5.75 Å². The topological polar surface area (TPSA) is 106 Å². The molecule has 2 aromatic rings. The molecule has 7 rings (SSSR count). The summed E-state index contributed by atoms with van der Waals surface area (Å²) in [5.74, 6) is 2.87. The maximum atomic E-state index is 13.6. The summed E-state index contributed by atoms with van der Waals surface area (Å²) in [7, 11) is 1.78. The third-order valence-corrected chi connectivity index (χ3v) is 10.8. The van der Waals surface area contributed by atoms with Crippen LogP contribution >= 0.6 is 0 Å². The van der Waals surface area contributed by atoms with Gasteiger partial charge in [-0.1, -0.05) is 6.92 Å². The smallest absolute Gasteiger partial charge is 0.251 e. The van der Waals surface area contributed by atoms with Gasteiger partial charge in [0.1, 0.15) is 17.5 Å². The van der Waals surface area contributed by atoms with Crippen molar-refractivity contribution in [3.63, 3.8) is 0 Å². The minimum absolute atomic E-state index is 0.0126. The Hall–Kier alpha value is -3.44. The highest BCUT2D eigenvalue weighted by Gasteiger charge is 2.38. The average molecular weight is 631 g/mol. The maximum Gasteiger partial charge on any atom is 0.251 e. The Kier molecular flexibility index (Phi) is 8.80. The normalized spacial score (nSPS) is 25.3. The van der Waals surface area contributed by atoms with E-state index in [-0.39, 0.29) is 29.9 Å². The summed E-state index contributed by atoms with van der Waals surface area (Å²) in [5, 5.41) is 6.71. The molecule has 2 saturated carbocycles. The predicted molar refractivity (Wildman–Crippen MR) is 180 cm³/mol. The van der Waals surface area contributed by atoms with Crippen molar-refractivity contribution in [2.75, 3.05) is 61.5 Å². The first-order chi connectivity index (χ1) is 22.3. The van der Waals surface area contributed by atoms with E-state index < -0.39 is 0 Å². The van der Waals surface area contributed by atoms with Crippen molar-refractivity contribution in [1.82, 2.24) is 25.1 Å². The van der Waals surface area contributed by atoms with Gasteiger partial charge in [-0.3, -0.25) is 14.5 Å². The first-order valence-electron chi connectivity index (χ1n) is 17.6. The summed E-state index contributed by atoms with van der Waals surface area (Å²) in [6.45, 7) is 12.8. The Morgan fingerprint density at radius 2 is 1.83 bits per heavy atom. The molecular weight excluding hydrogens is 580 g/mol. The maximum absolute atomic E-state index is 13.6. The molecule has 3 fully saturated rings. The van der Waals surface area contributed by atoms with E-state index in [2.05, 4.69) is 44.2 Å². The van der Waals surface area contributed by atoms with E-state index in [0.29, 0.717) is 48.4 Å². The number of fused-ring (bicyclic) bond motifs is 2. The number of amides is 2. The lowest BCUT2D eigenvalue weighted by atomic mass is 9.89. The van der Waals surface area contributed by atoms with Crippen LogP contribution in [-0.4, -0.2) is 102 Å². The molecule has 1 aromatic carbocycles. The van der Waals surface area contributed by atoms with Crippen molar-refractivity contribution >= 4 is 35.0 Å². The number of likely N-dealkylation sites (N-methyl/N-ethyl adjacent to an activating group) is 1. The Morgan fingerprint density at radius 1 is 1.07 bits per heavy atom. The van der Waals surface area contributed by atoms with Gasteiger partial charge in [0.2, 0.25) is 11.9 Å². The molecule has 0 unspecified atom stereocenters. The van der Waals surface area contributed by atoms with Gasteiger partial charge in [-0.15, -0.1) is 0 Å². The summed E-state index contributed by atoms with van der Waals surface area (Å²) in [6, 6.07) is 4.47. The largest absolute Gasteiger partial charge is 0.491 e. The second-order valence-corrected chi connectivity index (χ2v) is 14.2. The fourth-order valence-corrected chi connectivity index (χ4v) is 7.99. The number of ether oxygens (including phenoxy) is 1. The van der Waals surface area contributed by atoms with Gasteiger partial charge in [0, 0.05) is 75.4 Å². The van der Waals surface area contributed by atoms with Gasteiger partial charge < -0.3 is 30.1 Å². The van der Waals surface area contributed by atoms with Gasteiger partial charge in [-0.2, -0.15) is 4.98 Å². The minimum Gasteiger partial charge on any atom is -0.491 e. The molecule has 1 atom stereocenters. The minimum atomic E-state index is -0.270. The molecule has 0 spiro atoms. The number of carbonyl (C=O) groups is 2. The molecule has 0 bridgehead atoms. The second kappa shape index (κ2) is 13.0. The van der Waals surface area contributed by atoms with E-state index in [0.717, 1.165) is 48.7 Å². The number of anilines is 4. The Morgan fingerprint density at radius 3 is 2.52 bits per heavy atom. The Balaban J connectivity index is 0.991. The van der Waals surface area contributed by atoms with Crippen molar-refractivity contribution in [3.05, 3.63) is 29.5 Å². The molecule has 4 heterocycles. The number of benzene rings is 1. The number of carbonyl (C=O) groups excluding carboxylic acids is 2. The van der Waals surface area contributed by atoms with Gasteiger partial charge in [-0.25, -0.2) is 4.98 Å². The Labute approximate surface area is 273 Å². The van der Waals surface area contributed by atoms with Crippen molar-refractivity contribution in [3.8, 4) is 5.75 Å². The van der Waals surface area contributed by atoms with Crippen molar-refractivity contribution < 1.29 is 14.3 Å². The molecule has 11 heteroatoms. The first-order valence-corrected chi connectivity index (χ1v) is 17.6. The molecule has 11 nitrogen and oxygen atoms in total. The third-order valence-electron chi connectivity index (χ3n) is 10.8. The van der Waals surface area contributed by atoms with E-state index >= 15 is 0 Å². The molecule has 1 saturated heterocycles. The van der Waals surface area contributed by atoms with E-state index in [1.54, 1.807) is 18.1 Å². The molecule has 5 aliphatic rings. The van der Waals surface area contributed by atoms with Crippen LogP contribution in [0.3, 0.4) is 0 Å². The molecule has 46 heavy (non-hydrogen) atoms. The van der Waals surface area contributed by atoms with E-state index in [9.17, 15) is 9.59 Å². The van der Waals surface area contributed by atoms with Crippen molar-refractivity contribution in [1.29, 1.82) is 0 Å². The lowest BCUT2D eigenvalue weighted by molar-refractivity contribution is -0.120. The molecule has 3 aliphatic heterocycles. The molecular formula is C35H50N8O3. The monoisotopic (exact) mass is 630 g/mol. The highest BCUT2D eigenvalue weighted by atomic mass is 16.5. The van der Waals surface area contributed by atoms with Gasteiger partial charge in [0.15, 0.2) is 5.82 Å². The second-order valence-electron chi connectivity index (χ2n) is 14.2. The number of nitrogens with zero attached hydrogens (tertiary/aromatic N) is 6. The van der Waals surface area contributed by atoms with Crippen LogP contribution in [0.1, 0.15) is 81.6 Å². The fraction of sp³-hybridized carbons (Fsp3) is 0.657. The molecule has 1 aromatic heterocycles. The summed E-state index contributed by atoms with van der Waals surface area (Å²) in [6.07, 6.45) is 10.3. The number of rotatable bonds is 9. The molecule has 0 radical (unpaired) electrons. The van der Waals surface area contributed by atoms with Crippen molar-refractivity contribution in [2.24, 2.45) is 5.92 Å². The van der Waals surface area contributed by atoms with Gasteiger partial charge in [0.25, 0.3) is 5.91 Å². The van der Waals surface area contributed by atoms with Crippen LogP contribution in [0, 0.1) is 5.92 Å². The summed E-state index contributed by atoms with van der Waals surface area (Å²) in [5.41, 5.74) is 3.06. The number of aromatic nitrogens is 2. The average Bonchev–Trinajstić information content (AvgIpc) is 3.73. The predicted octanol–water partition coefficient (Wildman–Crippen LogP) is 4.19.